The molecule has 0 spiro atoms. The number of hydrogen-bond acceptors (Lipinski definition) is 5. The average molecular weight is 461 g/mol. The largest absolute Gasteiger partial charge is 0.444 e. The van der Waals surface area contributed by atoms with E-state index in [4.69, 9.17) is 15.2 Å². The van der Waals surface area contributed by atoms with Gasteiger partial charge >= 0.3 is 12.2 Å². The van der Waals surface area contributed by atoms with E-state index in [-0.39, 0.29) is 11.9 Å². The van der Waals surface area contributed by atoms with Crippen molar-refractivity contribution in [3.8, 4) is 0 Å². The second-order valence-corrected chi connectivity index (χ2v) is 8.04. The minimum Gasteiger partial charge on any atom is -0.444 e. The smallest absolute Gasteiger partial charge is 0.437 e. The summed E-state index contributed by atoms with van der Waals surface area (Å²) in [5.41, 5.74) is 4.74. The summed E-state index contributed by atoms with van der Waals surface area (Å²) < 4.78 is 9.82. The first-order chi connectivity index (χ1) is 14.6. The van der Waals surface area contributed by atoms with Gasteiger partial charge in [0.05, 0.1) is 0 Å². The number of nitrogens with zero attached hydrogens (tertiary/aromatic N) is 1. The van der Waals surface area contributed by atoms with Crippen LogP contribution in [0.1, 0.15) is 102 Å². The van der Waals surface area contributed by atoms with Crippen LogP contribution in [0.15, 0.2) is 17.3 Å². The number of hydrogen-bond donors (Lipinski definition) is 3. The van der Waals surface area contributed by atoms with Gasteiger partial charge in [0.25, 0.3) is 0 Å². The van der Waals surface area contributed by atoms with Gasteiger partial charge < -0.3 is 20.5 Å². The molecular weight excluding hydrogens is 412 g/mol. The van der Waals surface area contributed by atoms with Crippen LogP contribution in [-0.2, 0) is 14.3 Å². The first-order valence-corrected chi connectivity index (χ1v) is 11.1. The van der Waals surface area contributed by atoms with Crippen LogP contribution in [0.25, 0.3) is 0 Å². The van der Waals surface area contributed by atoms with Crippen molar-refractivity contribution in [3.63, 3.8) is 0 Å². The van der Waals surface area contributed by atoms with Crippen molar-refractivity contribution in [2.45, 2.75) is 114 Å². The van der Waals surface area contributed by atoms with Crippen LogP contribution in [0.2, 0.25) is 0 Å². The maximum Gasteiger partial charge on any atom is 0.437 e. The van der Waals surface area contributed by atoms with Crippen molar-refractivity contribution in [2.75, 3.05) is 0 Å². The zero-order valence-corrected chi connectivity index (χ0v) is 22.4. The third-order valence-electron chi connectivity index (χ3n) is 2.34. The number of allylic oxidation sites excluding steroid dienone is 1. The minimum atomic E-state index is -0.879. The molecule has 0 atom stereocenters. The fourth-order valence-electron chi connectivity index (χ4n) is 1.46. The number of alkyl carbamates (subject to hydrolysis) is 1. The molecule has 0 aliphatic carbocycles. The molecule has 4 N–H and O–H groups in total. The molecule has 0 aliphatic rings. The highest BCUT2D eigenvalue weighted by Crippen LogP contribution is 2.08. The van der Waals surface area contributed by atoms with Gasteiger partial charge in [0.2, 0.25) is 11.9 Å². The van der Waals surface area contributed by atoms with Gasteiger partial charge in [-0.25, -0.2) is 9.59 Å². The Labute approximate surface area is 195 Å². The lowest BCUT2D eigenvalue weighted by Crippen LogP contribution is -2.41. The van der Waals surface area contributed by atoms with E-state index in [0.29, 0.717) is 6.42 Å². The van der Waals surface area contributed by atoms with E-state index in [9.17, 15) is 14.4 Å². The van der Waals surface area contributed by atoms with Gasteiger partial charge in [-0.1, -0.05) is 47.6 Å². The number of nitrogens with one attached hydrogen (secondary N) is 2. The van der Waals surface area contributed by atoms with Crippen molar-refractivity contribution in [1.29, 1.82) is 0 Å². The molecule has 0 bridgehead atoms. The standard InChI is InChI=1S/C11H21N3O4.C8H15NO.2C2H6/c1-10(2,3)17-8(15)13-7(12)14-9(16)18-11(4,5)6;1-4-5-6-8(10)9-7(2)3;2*1-2/h1-6H3,(H3,12,13,14,15,16);2,4-6H2,1,3H3,(H,9,10);2*1-2H3. The quantitative estimate of drug-likeness (QED) is 0.367. The molecule has 0 unspecified atom stereocenters. The maximum absolute atomic E-state index is 11.3. The van der Waals surface area contributed by atoms with E-state index in [1.54, 1.807) is 48.5 Å². The topological polar surface area (TPSA) is 132 Å². The number of ether oxygens (including phenoxy) is 2. The Morgan fingerprint density at radius 3 is 1.69 bits per heavy atom. The molecule has 0 aliphatic heterocycles. The zero-order valence-electron chi connectivity index (χ0n) is 22.4. The highest BCUT2D eigenvalue weighted by Gasteiger charge is 2.18. The van der Waals surface area contributed by atoms with Crippen LogP contribution in [0.4, 0.5) is 9.59 Å². The Balaban J connectivity index is -0.000000237. The Kier molecular flexibility index (Phi) is 23.4. The third-order valence-corrected chi connectivity index (χ3v) is 2.34. The van der Waals surface area contributed by atoms with Gasteiger partial charge in [-0.3, -0.25) is 10.1 Å². The van der Waals surface area contributed by atoms with Gasteiger partial charge in [-0.05, 0) is 54.9 Å². The molecule has 32 heavy (non-hydrogen) atoms. The Morgan fingerprint density at radius 2 is 1.34 bits per heavy atom. The van der Waals surface area contributed by atoms with Crippen LogP contribution >= 0.6 is 0 Å². The van der Waals surface area contributed by atoms with E-state index < -0.39 is 23.4 Å². The summed E-state index contributed by atoms with van der Waals surface area (Å²) in [6.45, 7) is 25.6. The normalized spacial score (nSPS) is 10.4. The van der Waals surface area contributed by atoms with Crippen LogP contribution < -0.4 is 16.4 Å². The molecule has 0 saturated heterocycles. The average Bonchev–Trinajstić information content (AvgIpc) is 2.59. The maximum atomic E-state index is 11.3. The number of carbonyl (C=O) groups is 3. The number of unbranched alkanes of at least 4 members (excludes halogenated alkanes) is 1. The molecule has 3 amide bonds. The van der Waals surface area contributed by atoms with Gasteiger partial charge in [-0.2, -0.15) is 0 Å². The molecule has 0 heterocycles. The molecule has 0 rings (SSSR count). The van der Waals surface area contributed by atoms with Crippen molar-refractivity contribution in [2.24, 2.45) is 10.7 Å². The van der Waals surface area contributed by atoms with Crippen LogP contribution in [0, 0.1) is 0 Å². The van der Waals surface area contributed by atoms with E-state index in [2.05, 4.69) is 29.1 Å². The summed E-state index contributed by atoms with van der Waals surface area (Å²) in [4.78, 5) is 36.7. The van der Waals surface area contributed by atoms with Gasteiger partial charge in [-0.15, -0.1) is 4.99 Å². The molecular formula is C23H48N4O5. The van der Waals surface area contributed by atoms with Crippen LogP contribution in [0.3, 0.4) is 0 Å². The summed E-state index contributed by atoms with van der Waals surface area (Å²) in [5.74, 6) is -0.298. The molecule has 0 saturated carbocycles. The van der Waals surface area contributed by atoms with E-state index >= 15 is 0 Å². The number of aliphatic imine (C=N–C) groups is 1. The number of guanidine groups is 1. The number of carbonyl (C=O) groups excluding carboxylic acids is 3. The second-order valence-electron chi connectivity index (χ2n) is 8.04. The van der Waals surface area contributed by atoms with E-state index in [1.165, 1.54) is 0 Å². The first-order valence-electron chi connectivity index (χ1n) is 11.1. The summed E-state index contributed by atoms with van der Waals surface area (Å²) >= 11 is 0. The van der Waals surface area contributed by atoms with Crippen LogP contribution in [-0.4, -0.2) is 35.3 Å². The molecule has 0 aromatic carbocycles. The van der Waals surface area contributed by atoms with Crippen molar-refractivity contribution in [3.05, 3.63) is 12.3 Å². The molecule has 0 radical (unpaired) electrons. The summed E-state index contributed by atoms with van der Waals surface area (Å²) in [6.07, 6.45) is 0.967. The van der Waals surface area contributed by atoms with Crippen molar-refractivity contribution < 1.29 is 23.9 Å². The molecule has 9 nitrogen and oxygen atoms in total. The second kappa shape index (κ2) is 20.3. The monoisotopic (exact) mass is 460 g/mol. The predicted octanol–water partition coefficient (Wildman–Crippen LogP) is 5.64. The number of nitrogens with two attached hydrogens (primary N) is 1. The minimum absolute atomic E-state index is 0.0781. The molecule has 9 heteroatoms. The van der Waals surface area contributed by atoms with Crippen molar-refractivity contribution in [1.82, 2.24) is 10.6 Å². The Bertz CT molecular complexity index is 574. The SMILES string of the molecule is C=C(C)NC(=O)CCCC.CC.CC.CC(C)(C)OC(=O)/N=C(\N)NC(=O)OC(C)(C)C. The number of rotatable bonds is 4. The van der Waals surface area contributed by atoms with E-state index in [0.717, 1.165) is 18.5 Å². The predicted molar refractivity (Wildman–Crippen MR) is 132 cm³/mol. The first kappa shape index (κ1) is 36.8. The summed E-state index contributed by atoms with van der Waals surface area (Å²) in [7, 11) is 0. The molecule has 0 aromatic heterocycles. The highest BCUT2D eigenvalue weighted by molar-refractivity contribution is 5.97. The van der Waals surface area contributed by atoms with Crippen molar-refractivity contribution >= 4 is 24.1 Å². The van der Waals surface area contributed by atoms with Crippen LogP contribution in [0.5, 0.6) is 0 Å². The highest BCUT2D eigenvalue weighted by atomic mass is 16.6. The Morgan fingerprint density at radius 1 is 0.906 bits per heavy atom. The van der Waals surface area contributed by atoms with E-state index in [1.807, 2.05) is 27.7 Å². The lowest BCUT2D eigenvalue weighted by Gasteiger charge is -2.19. The Hall–Kier alpha value is -2.58. The fourth-order valence-corrected chi connectivity index (χ4v) is 1.46. The number of amides is 3. The molecule has 190 valence electrons. The molecule has 0 fully saturated rings. The lowest BCUT2D eigenvalue weighted by atomic mass is 10.2. The zero-order chi connectivity index (χ0) is 26.5. The summed E-state index contributed by atoms with van der Waals surface area (Å²) in [5, 5.41) is 4.76. The fraction of sp³-hybridized carbons (Fsp3) is 0.739. The van der Waals surface area contributed by atoms with Gasteiger partial charge in [0.15, 0.2) is 0 Å². The summed E-state index contributed by atoms with van der Waals surface area (Å²) in [6, 6.07) is 0. The third kappa shape index (κ3) is 34.9. The molecule has 0 aromatic rings. The van der Waals surface area contributed by atoms with Gasteiger partial charge in [0, 0.05) is 12.1 Å². The van der Waals surface area contributed by atoms with Gasteiger partial charge in [0.1, 0.15) is 11.2 Å². The lowest BCUT2D eigenvalue weighted by molar-refractivity contribution is -0.120.